The summed E-state index contributed by atoms with van der Waals surface area (Å²) < 4.78 is 15.9. The molecular formula is C30H40N2O5. The molecule has 0 radical (unpaired) electrons. The van der Waals surface area contributed by atoms with Crippen LogP contribution in [-0.2, 0) is 9.47 Å². The van der Waals surface area contributed by atoms with Crippen molar-refractivity contribution < 1.29 is 24.1 Å². The summed E-state index contributed by atoms with van der Waals surface area (Å²) in [5, 5.41) is 13.6. The van der Waals surface area contributed by atoms with Crippen molar-refractivity contribution in [1.82, 2.24) is 5.32 Å². The fraction of sp³-hybridized carbons (Fsp3) is 0.467. The van der Waals surface area contributed by atoms with Gasteiger partial charge in [-0.2, -0.15) is 0 Å². The van der Waals surface area contributed by atoms with Crippen LogP contribution in [0.25, 0.3) is 0 Å². The topological polar surface area (TPSA) is 89.4 Å². The van der Waals surface area contributed by atoms with Crippen molar-refractivity contribution in [2.45, 2.75) is 58.4 Å². The van der Waals surface area contributed by atoms with Crippen LogP contribution in [0.4, 0.5) is 0 Å². The van der Waals surface area contributed by atoms with Crippen molar-refractivity contribution >= 4 is 12.2 Å². The largest absolute Gasteiger partial charge is 0.504 e. The Hall–Kier alpha value is -3.32. The van der Waals surface area contributed by atoms with Gasteiger partial charge in [-0.15, -0.1) is 0 Å². The predicted molar refractivity (Wildman–Crippen MR) is 146 cm³/mol. The molecule has 0 spiro atoms. The summed E-state index contributed by atoms with van der Waals surface area (Å²) in [5.41, 5.74) is 3.75. The number of methoxy groups -OCH3 is 1. The van der Waals surface area contributed by atoms with Gasteiger partial charge in [0.05, 0.1) is 25.3 Å². The van der Waals surface area contributed by atoms with Gasteiger partial charge in [0.15, 0.2) is 11.5 Å². The molecule has 0 aliphatic carbocycles. The summed E-state index contributed by atoms with van der Waals surface area (Å²) in [5.74, 6) is 0.753. The van der Waals surface area contributed by atoms with Crippen LogP contribution in [-0.4, -0.2) is 44.2 Å². The van der Waals surface area contributed by atoms with Gasteiger partial charge in [0.25, 0.3) is 0 Å². The molecule has 200 valence electrons. The Morgan fingerprint density at radius 3 is 2.78 bits per heavy atom. The molecule has 0 amide bonds. The fourth-order valence-corrected chi connectivity index (χ4v) is 4.56. The number of aliphatic imine (C=N–C) groups is 1. The highest BCUT2D eigenvalue weighted by atomic mass is 16.6. The number of benzene rings is 2. The van der Waals surface area contributed by atoms with Crippen LogP contribution < -0.4 is 10.1 Å². The van der Waals surface area contributed by atoms with Crippen LogP contribution in [0.1, 0.15) is 79.9 Å². The van der Waals surface area contributed by atoms with Crippen molar-refractivity contribution in [2.75, 3.05) is 26.9 Å². The van der Waals surface area contributed by atoms with Crippen molar-refractivity contribution in [3.05, 3.63) is 71.1 Å². The van der Waals surface area contributed by atoms with Gasteiger partial charge in [0, 0.05) is 30.6 Å². The molecule has 0 fully saturated rings. The lowest BCUT2D eigenvalue weighted by Gasteiger charge is -2.26. The van der Waals surface area contributed by atoms with Gasteiger partial charge in [-0.1, -0.05) is 38.5 Å². The second-order valence-electron chi connectivity index (χ2n) is 9.37. The first-order valence-electron chi connectivity index (χ1n) is 13.2. The lowest BCUT2D eigenvalue weighted by molar-refractivity contribution is 0.0335. The molecule has 1 aliphatic heterocycles. The number of ether oxygens (including phenoxy) is 3. The Balaban J connectivity index is 1.73. The first-order valence-corrected chi connectivity index (χ1v) is 13.2. The average Bonchev–Trinajstić information content (AvgIpc) is 2.90. The highest BCUT2D eigenvalue weighted by molar-refractivity contribution is 5.89. The van der Waals surface area contributed by atoms with Crippen LogP contribution in [0.5, 0.6) is 11.5 Å². The van der Waals surface area contributed by atoms with Gasteiger partial charge < -0.3 is 24.6 Å². The first kappa shape index (κ1) is 28.3. The molecule has 2 N–H and O–H groups in total. The normalized spacial score (nSPS) is 19.7. The minimum atomic E-state index is -0.336. The lowest BCUT2D eigenvalue weighted by Crippen LogP contribution is -2.23. The zero-order chi connectivity index (χ0) is 26.6. The number of phenols is 1. The third-order valence-corrected chi connectivity index (χ3v) is 6.67. The molecule has 1 heterocycles. The Morgan fingerprint density at radius 2 is 2.03 bits per heavy atom. The number of carbonyl (C=O) groups is 1. The zero-order valence-corrected chi connectivity index (χ0v) is 22.4. The fourth-order valence-electron chi connectivity index (χ4n) is 4.56. The molecule has 0 aromatic heterocycles. The van der Waals surface area contributed by atoms with Crippen LogP contribution in [0.3, 0.4) is 0 Å². The second kappa shape index (κ2) is 14.4. The average molecular weight is 509 g/mol. The number of nitrogens with zero attached hydrogens (tertiary/aromatic N) is 1. The number of nitrogens with one attached hydrogen (secondary N) is 1. The van der Waals surface area contributed by atoms with Gasteiger partial charge in [0.2, 0.25) is 0 Å². The van der Waals surface area contributed by atoms with E-state index >= 15 is 0 Å². The molecule has 0 bridgehead atoms. The number of aromatic hydroxyl groups is 1. The van der Waals surface area contributed by atoms with Crippen molar-refractivity contribution in [3.8, 4) is 11.5 Å². The Kier molecular flexibility index (Phi) is 11.0. The molecule has 7 nitrogen and oxygen atoms in total. The summed E-state index contributed by atoms with van der Waals surface area (Å²) in [4.78, 5) is 17.2. The van der Waals surface area contributed by atoms with Gasteiger partial charge in [0.1, 0.15) is 6.61 Å². The monoisotopic (exact) mass is 508 g/mol. The summed E-state index contributed by atoms with van der Waals surface area (Å²) in [6.07, 6.45) is 7.65. The van der Waals surface area contributed by atoms with E-state index in [0.717, 1.165) is 42.5 Å². The van der Waals surface area contributed by atoms with Gasteiger partial charge in [-0.05, 0) is 67.5 Å². The van der Waals surface area contributed by atoms with E-state index in [9.17, 15) is 9.90 Å². The maximum absolute atomic E-state index is 12.5. The maximum Gasteiger partial charge on any atom is 0.338 e. The predicted octanol–water partition coefficient (Wildman–Crippen LogP) is 6.15. The molecule has 3 atom stereocenters. The van der Waals surface area contributed by atoms with E-state index in [2.05, 4.69) is 24.2 Å². The molecule has 0 saturated carbocycles. The molecule has 7 heteroatoms. The minimum Gasteiger partial charge on any atom is -0.504 e. The third kappa shape index (κ3) is 8.09. The molecule has 2 aromatic rings. The summed E-state index contributed by atoms with van der Waals surface area (Å²) in [6.45, 7) is 7.54. The SMILES string of the molecule is CCCC(N/C1=C/N=CC(c2ccc(O)c(OC)c2)[C@H](C)CC1)c1cccc(C(=O)OCCOCC)c1. The summed E-state index contributed by atoms with van der Waals surface area (Å²) in [6, 6.07) is 13.2. The van der Waals surface area contributed by atoms with Crippen molar-refractivity contribution in [1.29, 1.82) is 0 Å². The molecule has 2 unspecified atom stereocenters. The number of hydrogen-bond donors (Lipinski definition) is 2. The molecule has 1 aliphatic rings. The highest BCUT2D eigenvalue weighted by Crippen LogP contribution is 2.35. The van der Waals surface area contributed by atoms with Crippen LogP contribution in [0, 0.1) is 5.92 Å². The Bertz CT molecular complexity index is 1080. The quantitative estimate of drug-likeness (QED) is 0.264. The summed E-state index contributed by atoms with van der Waals surface area (Å²) in [7, 11) is 1.56. The molecule has 0 saturated heterocycles. The number of phenolic OH excluding ortho intramolecular Hbond substituents is 1. The van der Waals surface area contributed by atoms with E-state index in [1.165, 1.54) is 0 Å². The number of esters is 1. The number of carbonyl (C=O) groups excluding carboxylic acids is 1. The van der Waals surface area contributed by atoms with E-state index < -0.39 is 0 Å². The van der Waals surface area contributed by atoms with Crippen LogP contribution in [0.15, 0.2) is 59.4 Å². The zero-order valence-electron chi connectivity index (χ0n) is 22.4. The van der Waals surface area contributed by atoms with Gasteiger partial charge in [-0.25, -0.2) is 4.79 Å². The Labute approximate surface area is 220 Å². The minimum absolute atomic E-state index is 0.0644. The molecular weight excluding hydrogens is 468 g/mol. The number of allylic oxidation sites excluding steroid dienone is 1. The third-order valence-electron chi connectivity index (χ3n) is 6.67. The Morgan fingerprint density at radius 1 is 1.19 bits per heavy atom. The van der Waals surface area contributed by atoms with E-state index in [1.54, 1.807) is 19.2 Å². The maximum atomic E-state index is 12.5. The number of rotatable bonds is 12. The molecule has 37 heavy (non-hydrogen) atoms. The van der Waals surface area contributed by atoms with Crippen LogP contribution >= 0.6 is 0 Å². The number of hydrogen-bond acceptors (Lipinski definition) is 7. The van der Waals surface area contributed by atoms with Crippen molar-refractivity contribution in [2.24, 2.45) is 10.9 Å². The standard InChI is InChI=1S/C30H40N2O5/c1-5-8-27(23-9-7-10-24(17-23)30(34)37-16-15-36-6-2)32-25-13-11-21(3)26(20-31-19-25)22-12-14-28(33)29(18-22)35-4/h7,9-10,12,14,17-21,26-27,32-33H,5-6,8,11,13,15-16H2,1-4H3/b25-19+,31-20?/t21-,26?,27?/m1/s1. The van der Waals surface area contributed by atoms with Gasteiger partial charge >= 0.3 is 5.97 Å². The van der Waals surface area contributed by atoms with E-state index in [1.807, 2.05) is 49.7 Å². The summed E-state index contributed by atoms with van der Waals surface area (Å²) >= 11 is 0. The van der Waals surface area contributed by atoms with E-state index in [-0.39, 0.29) is 30.3 Å². The highest BCUT2D eigenvalue weighted by Gasteiger charge is 2.22. The van der Waals surface area contributed by atoms with E-state index in [0.29, 0.717) is 30.4 Å². The van der Waals surface area contributed by atoms with E-state index in [4.69, 9.17) is 14.2 Å². The first-order chi connectivity index (χ1) is 18.0. The second-order valence-corrected chi connectivity index (χ2v) is 9.37. The smallest absolute Gasteiger partial charge is 0.338 e. The van der Waals surface area contributed by atoms with Crippen LogP contribution in [0.2, 0.25) is 0 Å². The lowest BCUT2D eigenvalue weighted by atomic mass is 9.84. The molecule has 3 rings (SSSR count). The van der Waals surface area contributed by atoms with Gasteiger partial charge in [-0.3, -0.25) is 4.99 Å². The molecule has 2 aromatic carbocycles. The van der Waals surface area contributed by atoms with Crippen molar-refractivity contribution in [3.63, 3.8) is 0 Å².